The number of carbonyl (C=O) groups excluding carboxylic acids is 1. The van der Waals surface area contributed by atoms with Crippen LogP contribution < -0.4 is 5.32 Å². The zero-order valence-electron chi connectivity index (χ0n) is 11.3. The Morgan fingerprint density at radius 3 is 2.74 bits per heavy atom. The molecule has 1 aromatic heterocycles. The van der Waals surface area contributed by atoms with E-state index in [2.05, 4.69) is 15.5 Å². The molecular formula is C15H19N3O. The Balaban J connectivity index is 2.14. The maximum Gasteiger partial charge on any atom is 0.227 e. The maximum absolute atomic E-state index is 12.0. The van der Waals surface area contributed by atoms with Crippen LogP contribution in [0.15, 0.2) is 36.5 Å². The van der Waals surface area contributed by atoms with Crippen molar-refractivity contribution in [2.75, 3.05) is 5.32 Å². The largest absolute Gasteiger partial charge is 0.326 e. The second-order valence-electron chi connectivity index (χ2n) is 4.55. The fraction of sp³-hybridized carbons (Fsp3) is 0.333. The fourth-order valence-corrected chi connectivity index (χ4v) is 2.08. The molecule has 0 aliphatic carbocycles. The van der Waals surface area contributed by atoms with E-state index in [0.717, 1.165) is 29.8 Å². The van der Waals surface area contributed by atoms with E-state index >= 15 is 0 Å². The summed E-state index contributed by atoms with van der Waals surface area (Å²) >= 11 is 0. The number of rotatable bonds is 5. The van der Waals surface area contributed by atoms with E-state index in [0.29, 0.717) is 0 Å². The van der Waals surface area contributed by atoms with Crippen molar-refractivity contribution in [2.45, 2.75) is 26.7 Å². The number of carbonyl (C=O) groups is 1. The van der Waals surface area contributed by atoms with Gasteiger partial charge in [0.2, 0.25) is 5.91 Å². The normalized spacial score (nSPS) is 10.7. The van der Waals surface area contributed by atoms with Gasteiger partial charge in [-0.2, -0.15) is 5.10 Å². The molecule has 0 unspecified atom stereocenters. The molecule has 0 fully saturated rings. The lowest BCUT2D eigenvalue weighted by Gasteiger charge is -2.13. The van der Waals surface area contributed by atoms with E-state index in [-0.39, 0.29) is 11.8 Å². The van der Waals surface area contributed by atoms with Crippen LogP contribution in [0.2, 0.25) is 0 Å². The van der Waals surface area contributed by atoms with Crippen molar-refractivity contribution < 1.29 is 4.79 Å². The molecule has 0 saturated carbocycles. The third-order valence-corrected chi connectivity index (χ3v) is 3.30. The first-order valence-corrected chi connectivity index (χ1v) is 6.65. The SMILES string of the molecule is CCC(CC)C(=O)Nc1cccc(-c2ccn[nH]2)c1. The molecule has 100 valence electrons. The van der Waals surface area contributed by atoms with Crippen LogP contribution in [0.5, 0.6) is 0 Å². The van der Waals surface area contributed by atoms with E-state index in [9.17, 15) is 4.79 Å². The van der Waals surface area contributed by atoms with E-state index in [4.69, 9.17) is 0 Å². The standard InChI is InChI=1S/C15H19N3O/c1-3-11(4-2)15(19)17-13-7-5-6-12(10-13)14-8-9-16-18-14/h5-11H,3-4H2,1-2H3,(H,16,18)(H,17,19). The minimum Gasteiger partial charge on any atom is -0.326 e. The van der Waals surface area contributed by atoms with Crippen LogP contribution in [0, 0.1) is 5.92 Å². The number of amides is 1. The van der Waals surface area contributed by atoms with Gasteiger partial charge in [-0.05, 0) is 31.0 Å². The molecule has 4 heteroatoms. The Labute approximate surface area is 113 Å². The van der Waals surface area contributed by atoms with Gasteiger partial charge in [-0.15, -0.1) is 0 Å². The van der Waals surface area contributed by atoms with E-state index < -0.39 is 0 Å². The predicted molar refractivity (Wildman–Crippen MR) is 76.7 cm³/mol. The molecule has 19 heavy (non-hydrogen) atoms. The average molecular weight is 257 g/mol. The summed E-state index contributed by atoms with van der Waals surface area (Å²) < 4.78 is 0. The number of hydrogen-bond donors (Lipinski definition) is 2. The monoisotopic (exact) mass is 257 g/mol. The van der Waals surface area contributed by atoms with Crippen LogP contribution in [-0.4, -0.2) is 16.1 Å². The predicted octanol–water partition coefficient (Wildman–Crippen LogP) is 3.45. The minimum atomic E-state index is 0.0795. The molecule has 1 aromatic carbocycles. The van der Waals surface area contributed by atoms with E-state index in [1.165, 1.54) is 0 Å². The molecule has 0 radical (unpaired) electrons. The molecule has 0 aliphatic rings. The van der Waals surface area contributed by atoms with Crippen LogP contribution in [-0.2, 0) is 4.79 Å². The summed E-state index contributed by atoms with van der Waals surface area (Å²) in [5, 5.41) is 9.82. The Hall–Kier alpha value is -2.10. The van der Waals surface area contributed by atoms with E-state index in [1.54, 1.807) is 6.20 Å². The minimum absolute atomic E-state index is 0.0795. The first-order valence-electron chi connectivity index (χ1n) is 6.65. The van der Waals surface area contributed by atoms with E-state index in [1.807, 2.05) is 44.2 Å². The molecular weight excluding hydrogens is 238 g/mol. The molecule has 2 aromatic rings. The van der Waals surface area contributed by atoms with Crippen molar-refractivity contribution in [1.82, 2.24) is 10.2 Å². The summed E-state index contributed by atoms with van der Waals surface area (Å²) in [6.45, 7) is 4.07. The summed E-state index contributed by atoms with van der Waals surface area (Å²) in [4.78, 5) is 12.0. The number of H-pyrrole nitrogens is 1. The van der Waals surface area contributed by atoms with Crippen molar-refractivity contribution in [2.24, 2.45) is 5.92 Å². The summed E-state index contributed by atoms with van der Waals surface area (Å²) in [5.74, 6) is 0.169. The number of nitrogens with one attached hydrogen (secondary N) is 2. The van der Waals surface area contributed by atoms with Gasteiger partial charge in [0.25, 0.3) is 0 Å². The number of nitrogens with zero attached hydrogens (tertiary/aromatic N) is 1. The van der Waals surface area contributed by atoms with Gasteiger partial charge in [-0.1, -0.05) is 26.0 Å². The maximum atomic E-state index is 12.0. The molecule has 0 atom stereocenters. The van der Waals surface area contributed by atoms with Gasteiger partial charge < -0.3 is 5.32 Å². The van der Waals surface area contributed by atoms with Crippen LogP contribution >= 0.6 is 0 Å². The highest BCUT2D eigenvalue weighted by atomic mass is 16.1. The van der Waals surface area contributed by atoms with Crippen molar-refractivity contribution >= 4 is 11.6 Å². The van der Waals surface area contributed by atoms with Crippen molar-refractivity contribution in [3.8, 4) is 11.3 Å². The summed E-state index contributed by atoms with van der Waals surface area (Å²) in [5.41, 5.74) is 2.78. The lowest BCUT2D eigenvalue weighted by atomic mass is 10.0. The summed E-state index contributed by atoms with van der Waals surface area (Å²) in [6, 6.07) is 9.68. The van der Waals surface area contributed by atoms with Crippen molar-refractivity contribution in [1.29, 1.82) is 0 Å². The highest BCUT2D eigenvalue weighted by Crippen LogP contribution is 2.21. The Morgan fingerprint density at radius 2 is 2.11 bits per heavy atom. The molecule has 4 nitrogen and oxygen atoms in total. The lowest BCUT2D eigenvalue weighted by molar-refractivity contribution is -0.120. The number of anilines is 1. The summed E-state index contributed by atoms with van der Waals surface area (Å²) in [6.07, 6.45) is 3.44. The lowest BCUT2D eigenvalue weighted by Crippen LogP contribution is -2.21. The molecule has 0 saturated heterocycles. The molecule has 2 rings (SSSR count). The molecule has 1 heterocycles. The summed E-state index contributed by atoms with van der Waals surface area (Å²) in [7, 11) is 0. The molecule has 2 N–H and O–H groups in total. The molecule has 0 spiro atoms. The third kappa shape index (κ3) is 3.22. The fourth-order valence-electron chi connectivity index (χ4n) is 2.08. The van der Waals surface area contributed by atoms with Gasteiger partial charge in [0.1, 0.15) is 0 Å². The Kier molecular flexibility index (Phi) is 4.34. The first kappa shape index (κ1) is 13.3. The first-order chi connectivity index (χ1) is 9.24. The van der Waals surface area contributed by atoms with Crippen LogP contribution in [0.25, 0.3) is 11.3 Å². The van der Waals surface area contributed by atoms with Gasteiger partial charge in [0.05, 0.1) is 5.69 Å². The Morgan fingerprint density at radius 1 is 1.32 bits per heavy atom. The Bertz CT molecular complexity index is 530. The van der Waals surface area contributed by atoms with Crippen molar-refractivity contribution in [3.05, 3.63) is 36.5 Å². The van der Waals surface area contributed by atoms with Gasteiger partial charge in [-0.25, -0.2) is 0 Å². The van der Waals surface area contributed by atoms with Crippen LogP contribution in [0.1, 0.15) is 26.7 Å². The zero-order chi connectivity index (χ0) is 13.7. The number of aromatic nitrogens is 2. The second-order valence-corrected chi connectivity index (χ2v) is 4.55. The second kappa shape index (κ2) is 6.18. The molecule has 0 aliphatic heterocycles. The number of hydrogen-bond acceptors (Lipinski definition) is 2. The van der Waals surface area contributed by atoms with Gasteiger partial charge in [0, 0.05) is 23.4 Å². The smallest absolute Gasteiger partial charge is 0.227 e. The number of aromatic amines is 1. The topological polar surface area (TPSA) is 57.8 Å². The molecule has 1 amide bonds. The zero-order valence-corrected chi connectivity index (χ0v) is 11.3. The van der Waals surface area contributed by atoms with Gasteiger partial charge in [0.15, 0.2) is 0 Å². The van der Waals surface area contributed by atoms with Crippen molar-refractivity contribution in [3.63, 3.8) is 0 Å². The van der Waals surface area contributed by atoms with Crippen LogP contribution in [0.4, 0.5) is 5.69 Å². The highest BCUT2D eigenvalue weighted by Gasteiger charge is 2.14. The number of benzene rings is 1. The average Bonchev–Trinajstić information content (AvgIpc) is 2.94. The third-order valence-electron chi connectivity index (χ3n) is 3.30. The quantitative estimate of drug-likeness (QED) is 0.861. The van der Waals surface area contributed by atoms with Gasteiger partial charge >= 0.3 is 0 Å². The molecule has 0 bridgehead atoms. The van der Waals surface area contributed by atoms with Gasteiger partial charge in [-0.3, -0.25) is 9.89 Å². The highest BCUT2D eigenvalue weighted by molar-refractivity contribution is 5.93. The van der Waals surface area contributed by atoms with Crippen LogP contribution in [0.3, 0.4) is 0 Å².